The van der Waals surface area contributed by atoms with E-state index in [4.69, 9.17) is 0 Å². The van der Waals surface area contributed by atoms with Crippen LogP contribution in [0.1, 0.15) is 11.8 Å². The van der Waals surface area contributed by atoms with E-state index in [1.165, 1.54) is 6.33 Å². The van der Waals surface area contributed by atoms with Gasteiger partial charge in [-0.3, -0.25) is 4.79 Å². The zero-order chi connectivity index (χ0) is 16.5. The van der Waals surface area contributed by atoms with Crippen molar-refractivity contribution >= 4 is 34.2 Å². The van der Waals surface area contributed by atoms with Crippen LogP contribution in [0.25, 0.3) is 11.2 Å². The Balaban J connectivity index is 1.40. The Kier molecular flexibility index (Phi) is 3.85. The second-order valence-corrected chi connectivity index (χ2v) is 6.71. The molecule has 0 atom stereocenters. The highest BCUT2D eigenvalue weighted by Gasteiger charge is 2.35. The molecule has 3 aromatic heterocycles. The molecule has 0 aliphatic carbocycles. The number of anilines is 1. The van der Waals surface area contributed by atoms with Crippen LogP contribution in [-0.4, -0.2) is 44.0 Å². The standard InChI is InChI=1S/C15H17N7OS/c1-2-22-14-12(19-20-22)13(17-9-18-14)21-7-10(8-21)15(23)16-6-11-4-3-5-24-11/h3-5,9-10H,2,6-8H2,1H3,(H,16,23). The van der Waals surface area contributed by atoms with Gasteiger partial charge in [0.05, 0.1) is 12.5 Å². The molecule has 4 heterocycles. The van der Waals surface area contributed by atoms with Gasteiger partial charge in [-0.05, 0) is 18.4 Å². The summed E-state index contributed by atoms with van der Waals surface area (Å²) in [6.07, 6.45) is 1.53. The molecule has 1 saturated heterocycles. The van der Waals surface area contributed by atoms with Crippen molar-refractivity contribution in [2.75, 3.05) is 18.0 Å². The molecular weight excluding hydrogens is 326 g/mol. The van der Waals surface area contributed by atoms with E-state index in [9.17, 15) is 4.79 Å². The van der Waals surface area contributed by atoms with Crippen LogP contribution in [0, 0.1) is 5.92 Å². The van der Waals surface area contributed by atoms with Gasteiger partial charge in [-0.2, -0.15) is 0 Å². The van der Waals surface area contributed by atoms with Crippen LogP contribution < -0.4 is 10.2 Å². The number of thiophene rings is 1. The fourth-order valence-corrected chi connectivity index (χ4v) is 3.42. The summed E-state index contributed by atoms with van der Waals surface area (Å²) in [5.41, 5.74) is 1.42. The molecule has 1 aliphatic rings. The van der Waals surface area contributed by atoms with Crippen molar-refractivity contribution in [2.45, 2.75) is 20.0 Å². The van der Waals surface area contributed by atoms with Gasteiger partial charge in [-0.15, -0.1) is 16.4 Å². The van der Waals surface area contributed by atoms with Gasteiger partial charge >= 0.3 is 0 Å². The average Bonchev–Trinajstić information content (AvgIpc) is 3.21. The zero-order valence-corrected chi connectivity index (χ0v) is 14.0. The number of amides is 1. The predicted molar refractivity (Wildman–Crippen MR) is 90.7 cm³/mol. The lowest BCUT2D eigenvalue weighted by molar-refractivity contribution is -0.125. The number of hydrogen-bond donors (Lipinski definition) is 1. The van der Waals surface area contributed by atoms with Gasteiger partial charge in [0.1, 0.15) is 6.33 Å². The van der Waals surface area contributed by atoms with Crippen molar-refractivity contribution in [3.05, 3.63) is 28.7 Å². The lowest BCUT2D eigenvalue weighted by atomic mass is 9.99. The highest BCUT2D eigenvalue weighted by molar-refractivity contribution is 7.09. The summed E-state index contributed by atoms with van der Waals surface area (Å²) >= 11 is 1.65. The van der Waals surface area contributed by atoms with Gasteiger partial charge in [0.15, 0.2) is 17.0 Å². The number of carbonyl (C=O) groups excluding carboxylic acids is 1. The zero-order valence-electron chi connectivity index (χ0n) is 13.2. The molecular formula is C15H17N7OS. The minimum atomic E-state index is -0.0174. The maximum atomic E-state index is 12.2. The first-order valence-electron chi connectivity index (χ1n) is 7.85. The largest absolute Gasteiger partial charge is 0.353 e. The molecule has 3 aromatic rings. The van der Waals surface area contributed by atoms with E-state index in [0.717, 1.165) is 16.3 Å². The molecule has 24 heavy (non-hydrogen) atoms. The van der Waals surface area contributed by atoms with E-state index in [1.54, 1.807) is 16.0 Å². The Morgan fingerprint density at radius 3 is 3.04 bits per heavy atom. The van der Waals surface area contributed by atoms with Crippen molar-refractivity contribution in [3.63, 3.8) is 0 Å². The van der Waals surface area contributed by atoms with E-state index >= 15 is 0 Å². The number of nitrogens with one attached hydrogen (secondary N) is 1. The fourth-order valence-electron chi connectivity index (χ4n) is 2.77. The van der Waals surface area contributed by atoms with Crippen molar-refractivity contribution in [1.82, 2.24) is 30.3 Å². The van der Waals surface area contributed by atoms with Crippen LogP contribution in [0.2, 0.25) is 0 Å². The Labute approximate surface area is 142 Å². The molecule has 0 bridgehead atoms. The molecule has 0 radical (unpaired) electrons. The maximum absolute atomic E-state index is 12.2. The van der Waals surface area contributed by atoms with Crippen LogP contribution in [0.5, 0.6) is 0 Å². The monoisotopic (exact) mass is 343 g/mol. The maximum Gasteiger partial charge on any atom is 0.226 e. The molecule has 1 aliphatic heterocycles. The van der Waals surface area contributed by atoms with Crippen LogP contribution in [0.4, 0.5) is 5.82 Å². The van der Waals surface area contributed by atoms with Crippen LogP contribution in [0.15, 0.2) is 23.8 Å². The predicted octanol–water partition coefficient (Wildman–Crippen LogP) is 1.06. The number of hydrogen-bond acceptors (Lipinski definition) is 7. The van der Waals surface area contributed by atoms with Gasteiger partial charge in [0, 0.05) is 24.5 Å². The van der Waals surface area contributed by atoms with E-state index in [1.807, 2.05) is 29.3 Å². The first-order valence-corrected chi connectivity index (χ1v) is 8.73. The van der Waals surface area contributed by atoms with Crippen LogP contribution in [0.3, 0.4) is 0 Å². The minimum Gasteiger partial charge on any atom is -0.353 e. The van der Waals surface area contributed by atoms with Gasteiger partial charge in [0.2, 0.25) is 5.91 Å². The molecule has 8 nitrogen and oxygen atoms in total. The molecule has 124 valence electrons. The summed E-state index contributed by atoms with van der Waals surface area (Å²) in [4.78, 5) is 24.0. The summed E-state index contributed by atoms with van der Waals surface area (Å²) in [6.45, 7) is 4.58. The third-order valence-electron chi connectivity index (χ3n) is 4.15. The number of aromatic nitrogens is 5. The van der Waals surface area contributed by atoms with Crippen molar-refractivity contribution in [1.29, 1.82) is 0 Å². The highest BCUT2D eigenvalue weighted by atomic mass is 32.1. The molecule has 4 rings (SSSR count). The number of nitrogens with zero attached hydrogens (tertiary/aromatic N) is 6. The minimum absolute atomic E-state index is 0.0174. The summed E-state index contributed by atoms with van der Waals surface area (Å²) in [6, 6.07) is 4.01. The average molecular weight is 343 g/mol. The Hall–Kier alpha value is -2.55. The second kappa shape index (κ2) is 6.16. The summed E-state index contributed by atoms with van der Waals surface area (Å²) < 4.78 is 1.74. The normalized spacial score (nSPS) is 14.8. The fraction of sp³-hybridized carbons (Fsp3) is 0.400. The summed E-state index contributed by atoms with van der Waals surface area (Å²) in [7, 11) is 0. The lowest BCUT2D eigenvalue weighted by Gasteiger charge is -2.38. The first kappa shape index (κ1) is 15.0. The smallest absolute Gasteiger partial charge is 0.226 e. The number of aryl methyl sites for hydroxylation is 1. The highest BCUT2D eigenvalue weighted by Crippen LogP contribution is 2.27. The number of carbonyl (C=O) groups is 1. The molecule has 0 aromatic carbocycles. The summed E-state index contributed by atoms with van der Waals surface area (Å²) in [5, 5.41) is 13.3. The van der Waals surface area contributed by atoms with E-state index < -0.39 is 0 Å². The van der Waals surface area contributed by atoms with Gasteiger partial charge < -0.3 is 10.2 Å². The first-order chi connectivity index (χ1) is 11.8. The third-order valence-corrected chi connectivity index (χ3v) is 5.03. The van der Waals surface area contributed by atoms with Crippen molar-refractivity contribution < 1.29 is 4.79 Å². The molecule has 9 heteroatoms. The topological polar surface area (TPSA) is 88.8 Å². The Morgan fingerprint density at radius 1 is 1.42 bits per heavy atom. The molecule has 0 spiro atoms. The van der Waals surface area contributed by atoms with Crippen molar-refractivity contribution in [3.8, 4) is 0 Å². The number of rotatable bonds is 5. The van der Waals surface area contributed by atoms with Gasteiger partial charge in [0.25, 0.3) is 0 Å². The SMILES string of the molecule is CCn1nnc2c(N3CC(C(=O)NCc4cccs4)C3)ncnc21. The lowest BCUT2D eigenvalue weighted by Crippen LogP contribution is -2.54. The van der Waals surface area contributed by atoms with Crippen LogP contribution in [-0.2, 0) is 17.9 Å². The van der Waals surface area contributed by atoms with E-state index in [2.05, 4.69) is 25.6 Å². The van der Waals surface area contributed by atoms with Crippen molar-refractivity contribution in [2.24, 2.45) is 5.92 Å². The molecule has 1 N–H and O–H groups in total. The van der Waals surface area contributed by atoms with E-state index in [0.29, 0.717) is 31.7 Å². The Bertz CT molecular complexity index is 854. The summed E-state index contributed by atoms with van der Waals surface area (Å²) in [5.74, 6) is 0.820. The Morgan fingerprint density at radius 2 is 2.29 bits per heavy atom. The molecule has 1 fully saturated rings. The number of fused-ring (bicyclic) bond motifs is 1. The quantitative estimate of drug-likeness (QED) is 0.745. The van der Waals surface area contributed by atoms with Gasteiger partial charge in [-0.25, -0.2) is 14.6 Å². The molecule has 0 unspecified atom stereocenters. The molecule has 1 amide bonds. The van der Waals surface area contributed by atoms with Gasteiger partial charge in [-0.1, -0.05) is 11.3 Å². The van der Waals surface area contributed by atoms with Crippen LogP contribution >= 0.6 is 11.3 Å². The molecule has 0 saturated carbocycles. The van der Waals surface area contributed by atoms with E-state index in [-0.39, 0.29) is 11.8 Å². The third kappa shape index (κ3) is 2.60. The second-order valence-electron chi connectivity index (χ2n) is 5.67.